The Morgan fingerprint density at radius 3 is 2.26 bits per heavy atom. The molecule has 1 atom stereocenters. The summed E-state index contributed by atoms with van der Waals surface area (Å²) >= 11 is 0. The van der Waals surface area contributed by atoms with Crippen molar-refractivity contribution in [1.29, 1.82) is 0 Å². The fourth-order valence-corrected chi connectivity index (χ4v) is 3.69. The van der Waals surface area contributed by atoms with Crippen LogP contribution in [0.5, 0.6) is 23.0 Å². The van der Waals surface area contributed by atoms with Crippen molar-refractivity contribution in [3.63, 3.8) is 0 Å². The molecule has 0 radical (unpaired) electrons. The minimum Gasteiger partial charge on any atom is -0.502 e. The van der Waals surface area contributed by atoms with Crippen molar-refractivity contribution in [1.82, 2.24) is 0 Å². The van der Waals surface area contributed by atoms with Gasteiger partial charge in [-0.15, -0.1) is 0 Å². The molecule has 1 aliphatic rings. The highest BCUT2D eigenvalue weighted by molar-refractivity contribution is 6.12. The lowest BCUT2D eigenvalue weighted by Crippen LogP contribution is -2.43. The van der Waals surface area contributed by atoms with Gasteiger partial charge < -0.3 is 24.6 Å². The third-order valence-corrected chi connectivity index (χ3v) is 5.17. The third-order valence-electron chi connectivity index (χ3n) is 5.17. The molecule has 0 spiro atoms. The van der Waals surface area contributed by atoms with Crippen LogP contribution in [0.15, 0.2) is 60.7 Å². The molecule has 31 heavy (non-hydrogen) atoms. The number of aromatic hydroxyl groups is 1. The predicted octanol–water partition coefficient (Wildman–Crippen LogP) is 4.58. The molecule has 0 bridgehead atoms. The minimum absolute atomic E-state index is 0.0936. The van der Waals surface area contributed by atoms with Gasteiger partial charge in [0.05, 0.1) is 26.4 Å². The first-order valence-electron chi connectivity index (χ1n) is 9.94. The average molecular weight is 420 g/mol. The van der Waals surface area contributed by atoms with E-state index in [0.717, 1.165) is 11.4 Å². The second kappa shape index (κ2) is 8.47. The number of nitrogens with zero attached hydrogens (tertiary/aromatic N) is 1. The zero-order chi connectivity index (χ0) is 22.0. The smallest absolute Gasteiger partial charge is 0.262 e. The Labute approximate surface area is 180 Å². The topological polar surface area (TPSA) is 80.3 Å². The molecule has 1 amide bonds. The van der Waals surface area contributed by atoms with E-state index in [1.807, 2.05) is 49.4 Å². The van der Waals surface area contributed by atoms with Crippen LogP contribution in [0.4, 0.5) is 11.4 Å². The van der Waals surface area contributed by atoms with E-state index in [1.54, 1.807) is 23.1 Å². The van der Waals surface area contributed by atoms with Gasteiger partial charge >= 0.3 is 0 Å². The van der Waals surface area contributed by atoms with E-state index in [9.17, 15) is 9.90 Å². The molecule has 0 aromatic heterocycles. The predicted molar refractivity (Wildman–Crippen MR) is 118 cm³/mol. The van der Waals surface area contributed by atoms with Gasteiger partial charge in [0.2, 0.25) is 5.75 Å². The monoisotopic (exact) mass is 420 g/mol. The second-order valence-corrected chi connectivity index (χ2v) is 6.97. The number of phenols is 1. The largest absolute Gasteiger partial charge is 0.502 e. The number of hydrogen-bond donors (Lipinski definition) is 2. The van der Waals surface area contributed by atoms with E-state index in [0.29, 0.717) is 23.4 Å². The Morgan fingerprint density at radius 1 is 1.00 bits per heavy atom. The van der Waals surface area contributed by atoms with Crippen LogP contribution in [-0.2, 0) is 0 Å². The number of amides is 1. The molecule has 0 aliphatic carbocycles. The Kier molecular flexibility index (Phi) is 5.58. The maximum Gasteiger partial charge on any atom is 0.262 e. The standard InChI is InChI=1S/C24H24N2O5/c1-4-31-17-11-9-16(10-12-17)26-23(25-19-8-6-5-7-18(19)24(26)28)15-13-20(29-2)22(27)21(14-15)30-3/h5-14,23,25,27H,4H2,1-3H3/t23-/m1/s1. The molecule has 1 heterocycles. The zero-order valence-corrected chi connectivity index (χ0v) is 17.6. The molecule has 0 unspecified atom stereocenters. The van der Waals surface area contributed by atoms with Crippen LogP contribution in [0.2, 0.25) is 0 Å². The molecule has 2 N–H and O–H groups in total. The fourth-order valence-electron chi connectivity index (χ4n) is 3.69. The number of carbonyl (C=O) groups is 1. The highest BCUT2D eigenvalue weighted by atomic mass is 16.5. The lowest BCUT2D eigenvalue weighted by Gasteiger charge is -2.38. The van der Waals surface area contributed by atoms with Gasteiger partial charge in [0.15, 0.2) is 11.5 Å². The first-order chi connectivity index (χ1) is 15.1. The molecule has 4 rings (SSSR count). The second-order valence-electron chi connectivity index (χ2n) is 6.97. The number of rotatable bonds is 6. The number of para-hydroxylation sites is 1. The van der Waals surface area contributed by atoms with Crippen molar-refractivity contribution < 1.29 is 24.1 Å². The Bertz CT molecular complexity index is 1070. The van der Waals surface area contributed by atoms with Crippen molar-refractivity contribution in [2.75, 3.05) is 31.0 Å². The number of methoxy groups -OCH3 is 2. The summed E-state index contributed by atoms with van der Waals surface area (Å²) < 4.78 is 16.2. The van der Waals surface area contributed by atoms with E-state index >= 15 is 0 Å². The van der Waals surface area contributed by atoms with E-state index in [1.165, 1.54) is 14.2 Å². The van der Waals surface area contributed by atoms with Gasteiger partial charge in [-0.1, -0.05) is 12.1 Å². The van der Waals surface area contributed by atoms with Gasteiger partial charge in [-0.3, -0.25) is 9.69 Å². The average Bonchev–Trinajstić information content (AvgIpc) is 2.80. The Balaban J connectivity index is 1.85. The number of benzene rings is 3. The highest BCUT2D eigenvalue weighted by Crippen LogP contribution is 2.43. The van der Waals surface area contributed by atoms with Crippen molar-refractivity contribution in [3.8, 4) is 23.0 Å². The van der Waals surface area contributed by atoms with Crippen LogP contribution >= 0.6 is 0 Å². The molecule has 7 heteroatoms. The maximum atomic E-state index is 13.5. The van der Waals surface area contributed by atoms with E-state index < -0.39 is 6.17 Å². The summed E-state index contributed by atoms with van der Waals surface area (Å²) in [6, 6.07) is 18.1. The Hall–Kier alpha value is -3.87. The minimum atomic E-state index is -0.552. The molecule has 3 aromatic rings. The third kappa shape index (κ3) is 3.70. The van der Waals surface area contributed by atoms with Crippen LogP contribution in [-0.4, -0.2) is 31.8 Å². The van der Waals surface area contributed by atoms with Gasteiger partial charge in [-0.25, -0.2) is 0 Å². The molecule has 7 nitrogen and oxygen atoms in total. The van der Waals surface area contributed by atoms with Crippen LogP contribution < -0.4 is 24.4 Å². The van der Waals surface area contributed by atoms with E-state index in [-0.39, 0.29) is 23.2 Å². The number of carbonyl (C=O) groups excluding carboxylic acids is 1. The van der Waals surface area contributed by atoms with Crippen LogP contribution in [0.3, 0.4) is 0 Å². The van der Waals surface area contributed by atoms with Crippen molar-refractivity contribution in [2.45, 2.75) is 13.1 Å². The van der Waals surface area contributed by atoms with Crippen molar-refractivity contribution in [2.24, 2.45) is 0 Å². The summed E-state index contributed by atoms with van der Waals surface area (Å²) in [5.74, 6) is 1.01. The molecular formula is C24H24N2O5. The summed E-state index contributed by atoms with van der Waals surface area (Å²) in [5, 5.41) is 13.8. The number of hydrogen-bond acceptors (Lipinski definition) is 6. The first kappa shape index (κ1) is 20.4. The van der Waals surface area contributed by atoms with Gasteiger partial charge in [0.25, 0.3) is 5.91 Å². The summed E-state index contributed by atoms with van der Waals surface area (Å²) in [7, 11) is 2.94. The summed E-state index contributed by atoms with van der Waals surface area (Å²) in [6.45, 7) is 2.48. The normalized spacial score (nSPS) is 15.1. The van der Waals surface area contributed by atoms with Gasteiger partial charge in [0.1, 0.15) is 11.9 Å². The van der Waals surface area contributed by atoms with E-state index in [2.05, 4.69) is 5.32 Å². The number of ether oxygens (including phenoxy) is 3. The van der Waals surface area contributed by atoms with Gasteiger partial charge in [-0.2, -0.15) is 0 Å². The lowest BCUT2D eigenvalue weighted by molar-refractivity contribution is 0.0974. The van der Waals surface area contributed by atoms with Crippen molar-refractivity contribution in [3.05, 3.63) is 71.8 Å². The van der Waals surface area contributed by atoms with Crippen LogP contribution in [0.1, 0.15) is 29.0 Å². The summed E-state index contributed by atoms with van der Waals surface area (Å²) in [4.78, 5) is 15.2. The summed E-state index contributed by atoms with van der Waals surface area (Å²) in [5.41, 5.74) is 2.70. The Morgan fingerprint density at radius 2 is 1.65 bits per heavy atom. The number of nitrogens with one attached hydrogen (secondary N) is 1. The summed E-state index contributed by atoms with van der Waals surface area (Å²) in [6.07, 6.45) is -0.552. The molecular weight excluding hydrogens is 396 g/mol. The van der Waals surface area contributed by atoms with Gasteiger partial charge in [-0.05, 0) is 55.5 Å². The number of fused-ring (bicyclic) bond motifs is 1. The molecule has 0 fully saturated rings. The van der Waals surface area contributed by atoms with Crippen LogP contribution in [0.25, 0.3) is 0 Å². The van der Waals surface area contributed by atoms with Crippen molar-refractivity contribution >= 4 is 17.3 Å². The fraction of sp³-hybridized carbons (Fsp3) is 0.208. The SMILES string of the molecule is CCOc1ccc(N2C(=O)c3ccccc3N[C@H]2c2cc(OC)c(O)c(OC)c2)cc1. The molecule has 3 aromatic carbocycles. The quantitative estimate of drug-likeness (QED) is 0.608. The van der Waals surface area contributed by atoms with E-state index in [4.69, 9.17) is 14.2 Å². The zero-order valence-electron chi connectivity index (χ0n) is 17.6. The number of anilines is 2. The molecule has 0 saturated carbocycles. The number of phenolic OH excluding ortho intramolecular Hbond substituents is 1. The first-order valence-corrected chi connectivity index (χ1v) is 9.94. The molecule has 1 aliphatic heterocycles. The lowest BCUT2D eigenvalue weighted by atomic mass is 10.0. The van der Waals surface area contributed by atoms with Crippen LogP contribution in [0, 0.1) is 0 Å². The molecule has 160 valence electrons. The van der Waals surface area contributed by atoms with Gasteiger partial charge in [0, 0.05) is 16.9 Å². The molecule has 0 saturated heterocycles. The maximum absolute atomic E-state index is 13.5. The highest BCUT2D eigenvalue weighted by Gasteiger charge is 2.35.